The molecule has 0 unspecified atom stereocenters. The van der Waals surface area contributed by atoms with E-state index in [1.165, 1.54) is 0 Å². The number of anilines is 8. The summed E-state index contributed by atoms with van der Waals surface area (Å²) in [4.78, 5) is 4.02. The Morgan fingerprint density at radius 2 is 0.889 bits per heavy atom. The van der Waals surface area contributed by atoms with Crippen molar-refractivity contribution in [1.29, 1.82) is 0 Å². The maximum absolute atomic E-state index is 9.65. The Balaban J connectivity index is 0.000000148. The minimum Gasteiger partial charge on any atom is -0.508 e. The summed E-state index contributed by atoms with van der Waals surface area (Å²) >= 11 is 0. The molecule has 0 radical (unpaired) electrons. The molecule has 0 atom stereocenters. The van der Waals surface area contributed by atoms with E-state index < -0.39 is 0 Å². The number of benzene rings is 4. The van der Waals surface area contributed by atoms with Gasteiger partial charge in [-0.3, -0.25) is 0 Å². The fraction of sp³-hybridized carbons (Fsp3) is 0.143. The molecule has 36 heavy (non-hydrogen) atoms. The summed E-state index contributed by atoms with van der Waals surface area (Å²) in [7, 11) is 3.89. The van der Waals surface area contributed by atoms with Crippen molar-refractivity contribution in [1.82, 2.24) is 0 Å². The summed E-state index contributed by atoms with van der Waals surface area (Å²) in [6.45, 7) is 3.90. The second-order valence-electron chi connectivity index (χ2n) is 9.09. The third-order valence-corrected chi connectivity index (χ3v) is 6.47. The first-order valence-corrected chi connectivity index (χ1v) is 11.5. The Hall–Kier alpha value is -4.72. The van der Waals surface area contributed by atoms with Gasteiger partial charge in [-0.1, -0.05) is 0 Å². The lowest BCUT2D eigenvalue weighted by Crippen LogP contribution is -2.18. The molecule has 0 aromatic heterocycles. The van der Waals surface area contributed by atoms with Crippen LogP contribution in [-0.4, -0.2) is 34.5 Å². The molecule has 6 N–H and O–H groups in total. The van der Waals surface area contributed by atoms with Crippen LogP contribution in [0.3, 0.4) is 0 Å². The van der Waals surface area contributed by atoms with Crippen molar-refractivity contribution in [3.8, 4) is 23.0 Å². The zero-order chi connectivity index (χ0) is 25.7. The van der Waals surface area contributed by atoms with Gasteiger partial charge < -0.3 is 40.9 Å². The highest BCUT2D eigenvalue weighted by Gasteiger charge is 2.23. The summed E-state index contributed by atoms with van der Waals surface area (Å²) in [6, 6.07) is 17.2. The maximum Gasteiger partial charge on any atom is 0.118 e. The van der Waals surface area contributed by atoms with Gasteiger partial charge in [0.2, 0.25) is 0 Å². The van der Waals surface area contributed by atoms with Gasteiger partial charge in [-0.25, -0.2) is 0 Å². The largest absolute Gasteiger partial charge is 0.508 e. The van der Waals surface area contributed by atoms with Crippen molar-refractivity contribution in [2.24, 2.45) is 0 Å². The molecule has 2 aliphatic rings. The van der Waals surface area contributed by atoms with Crippen LogP contribution in [-0.2, 0) is 0 Å². The number of phenols is 4. The predicted octanol–water partition coefficient (Wildman–Crippen LogP) is 6.46. The van der Waals surface area contributed by atoms with Crippen LogP contribution in [0, 0.1) is 13.8 Å². The average Bonchev–Trinajstić information content (AvgIpc) is 2.80. The molecule has 6 rings (SSSR count). The molecular weight excluding hydrogens is 456 g/mol. The maximum atomic E-state index is 9.65. The smallest absolute Gasteiger partial charge is 0.118 e. The number of nitrogens with zero attached hydrogens (tertiary/aromatic N) is 2. The van der Waals surface area contributed by atoms with Gasteiger partial charge in [0.1, 0.15) is 23.0 Å². The van der Waals surface area contributed by atoms with Gasteiger partial charge in [-0.2, -0.15) is 0 Å². The molecule has 8 nitrogen and oxygen atoms in total. The van der Waals surface area contributed by atoms with Crippen LogP contribution < -0.4 is 20.4 Å². The van der Waals surface area contributed by atoms with Crippen molar-refractivity contribution in [2.75, 3.05) is 34.5 Å². The Labute approximate surface area is 209 Å². The number of fused-ring (bicyclic) bond motifs is 4. The lowest BCUT2D eigenvalue weighted by molar-refractivity contribution is 0.474. The lowest BCUT2D eigenvalue weighted by atomic mass is 10.1. The topological polar surface area (TPSA) is 111 Å². The highest BCUT2D eigenvalue weighted by Crippen LogP contribution is 2.48. The molecule has 0 spiro atoms. The highest BCUT2D eigenvalue weighted by atomic mass is 16.3. The van der Waals surface area contributed by atoms with Crippen molar-refractivity contribution in [2.45, 2.75) is 13.8 Å². The molecule has 0 amide bonds. The normalized spacial score (nSPS) is 12.7. The standard InChI is InChI=1S/2C14H14N2O2/c2*1-8-5-10(18)6-12-14(8)16(2)13-7-9(17)3-4-11(13)15-12/h2*3-7,15,17-18H,1-2H3. The fourth-order valence-electron chi connectivity index (χ4n) is 4.94. The van der Waals surface area contributed by atoms with E-state index >= 15 is 0 Å². The van der Waals surface area contributed by atoms with Gasteiger partial charge in [0.15, 0.2) is 0 Å². The van der Waals surface area contributed by atoms with E-state index in [2.05, 4.69) is 10.6 Å². The average molecular weight is 485 g/mol. The summed E-state index contributed by atoms with van der Waals surface area (Å²) < 4.78 is 0. The number of phenolic OH excluding ortho intramolecular Hbond substituents is 4. The summed E-state index contributed by atoms with van der Waals surface area (Å²) in [6.07, 6.45) is 0. The monoisotopic (exact) mass is 484 g/mol. The van der Waals surface area contributed by atoms with E-state index in [0.717, 1.165) is 56.6 Å². The van der Waals surface area contributed by atoms with Crippen LogP contribution in [0.5, 0.6) is 23.0 Å². The van der Waals surface area contributed by atoms with E-state index in [9.17, 15) is 20.4 Å². The van der Waals surface area contributed by atoms with Crippen LogP contribution in [0.25, 0.3) is 0 Å². The molecule has 4 aromatic carbocycles. The van der Waals surface area contributed by atoms with Crippen LogP contribution >= 0.6 is 0 Å². The number of rotatable bonds is 0. The fourth-order valence-corrected chi connectivity index (χ4v) is 4.94. The van der Waals surface area contributed by atoms with E-state index in [1.807, 2.05) is 49.9 Å². The number of nitrogens with one attached hydrogen (secondary N) is 2. The Morgan fingerprint density at radius 3 is 1.28 bits per heavy atom. The lowest BCUT2D eigenvalue weighted by Gasteiger charge is -2.32. The van der Waals surface area contributed by atoms with Crippen molar-refractivity contribution in [3.63, 3.8) is 0 Å². The molecule has 4 aromatic rings. The molecule has 8 heteroatoms. The van der Waals surface area contributed by atoms with Crippen molar-refractivity contribution >= 4 is 45.5 Å². The number of hydrogen-bond acceptors (Lipinski definition) is 8. The zero-order valence-corrected chi connectivity index (χ0v) is 20.5. The van der Waals surface area contributed by atoms with Gasteiger partial charge in [0.25, 0.3) is 0 Å². The van der Waals surface area contributed by atoms with E-state index in [-0.39, 0.29) is 23.0 Å². The SMILES string of the molecule is Cc1cc(O)cc2c1N(C)c1cc(O)ccc1N2.Cc1cc(O)cc2c1N(C)c1cc(O)ccc1N2. The molecule has 0 fully saturated rings. The summed E-state index contributed by atoms with van der Waals surface area (Å²) in [5.74, 6) is 0.966. The first-order chi connectivity index (χ1) is 17.1. The van der Waals surface area contributed by atoms with Crippen LogP contribution in [0.1, 0.15) is 11.1 Å². The molecule has 184 valence electrons. The zero-order valence-electron chi connectivity index (χ0n) is 20.5. The van der Waals surface area contributed by atoms with Gasteiger partial charge in [0, 0.05) is 38.4 Å². The first kappa shape index (κ1) is 23.0. The molecule has 2 heterocycles. The summed E-state index contributed by atoms with van der Waals surface area (Å²) in [5.41, 5.74) is 9.36. The molecule has 0 saturated heterocycles. The quantitative estimate of drug-likeness (QED) is 0.158. The highest BCUT2D eigenvalue weighted by molar-refractivity contribution is 5.95. The molecular formula is C28H28N4O4. The van der Waals surface area contributed by atoms with E-state index in [1.54, 1.807) is 48.5 Å². The third kappa shape index (κ3) is 3.92. The van der Waals surface area contributed by atoms with Crippen LogP contribution in [0.4, 0.5) is 45.5 Å². The Kier molecular flexibility index (Phi) is 5.44. The van der Waals surface area contributed by atoms with Gasteiger partial charge in [-0.05, 0) is 61.4 Å². The second kappa shape index (κ2) is 8.49. The third-order valence-electron chi connectivity index (χ3n) is 6.47. The Bertz CT molecular complexity index is 1390. The number of hydrogen-bond donors (Lipinski definition) is 6. The molecule has 0 saturated carbocycles. The number of aromatic hydroxyl groups is 4. The van der Waals surface area contributed by atoms with Gasteiger partial charge in [-0.15, -0.1) is 0 Å². The minimum absolute atomic E-state index is 0.238. The van der Waals surface area contributed by atoms with Crippen molar-refractivity contribution < 1.29 is 20.4 Å². The van der Waals surface area contributed by atoms with Crippen LogP contribution in [0.2, 0.25) is 0 Å². The molecule has 0 bridgehead atoms. The predicted molar refractivity (Wildman–Crippen MR) is 145 cm³/mol. The number of aryl methyl sites for hydroxylation is 2. The molecule has 2 aliphatic heterocycles. The summed E-state index contributed by atoms with van der Waals surface area (Å²) in [5, 5.41) is 45.0. The molecule has 0 aliphatic carbocycles. The van der Waals surface area contributed by atoms with Crippen LogP contribution in [0.15, 0.2) is 60.7 Å². The Morgan fingerprint density at radius 1 is 0.500 bits per heavy atom. The second-order valence-corrected chi connectivity index (χ2v) is 9.09. The minimum atomic E-state index is 0.238. The van der Waals surface area contributed by atoms with Gasteiger partial charge in [0.05, 0.1) is 45.5 Å². The first-order valence-electron chi connectivity index (χ1n) is 11.5. The van der Waals surface area contributed by atoms with E-state index in [4.69, 9.17) is 0 Å². The van der Waals surface area contributed by atoms with E-state index in [0.29, 0.717) is 0 Å². The van der Waals surface area contributed by atoms with Gasteiger partial charge >= 0.3 is 0 Å². The van der Waals surface area contributed by atoms with Crippen molar-refractivity contribution in [3.05, 3.63) is 71.8 Å².